The van der Waals surface area contributed by atoms with Crippen LogP contribution in [0.5, 0.6) is 0 Å². The van der Waals surface area contributed by atoms with Gasteiger partial charge in [0.25, 0.3) is 0 Å². The van der Waals surface area contributed by atoms with Crippen LogP contribution in [-0.2, 0) is 32.6 Å². The lowest BCUT2D eigenvalue weighted by molar-refractivity contribution is -0.154. The molecule has 8 heteroatoms. The fourth-order valence-corrected chi connectivity index (χ4v) is 4.99. The number of sulfonamides is 1. The molecule has 1 aromatic carbocycles. The predicted molar refractivity (Wildman–Crippen MR) is 112 cm³/mol. The Balaban J connectivity index is 1.89. The number of hydrogen-bond donors (Lipinski definition) is 1. The number of carbonyl (C=O) groups is 2. The molecule has 1 aromatic rings. The number of piperazine rings is 1. The molecule has 1 saturated heterocycles. The third kappa shape index (κ3) is 4.80. The van der Waals surface area contributed by atoms with E-state index in [9.17, 15) is 18.0 Å². The molecule has 1 saturated carbocycles. The van der Waals surface area contributed by atoms with Crippen molar-refractivity contribution in [2.45, 2.75) is 64.1 Å². The zero-order valence-electron chi connectivity index (χ0n) is 17.5. The van der Waals surface area contributed by atoms with E-state index in [2.05, 4.69) is 12.2 Å². The second-order valence-electron chi connectivity index (χ2n) is 8.41. The Kier molecular flexibility index (Phi) is 6.33. The molecule has 1 N–H and O–H groups in total. The van der Waals surface area contributed by atoms with Crippen molar-refractivity contribution in [3.63, 3.8) is 0 Å². The number of carbonyl (C=O) groups excluding carboxylic acids is 2. The van der Waals surface area contributed by atoms with Gasteiger partial charge in [-0.2, -0.15) is 4.31 Å². The molecule has 0 aromatic heterocycles. The van der Waals surface area contributed by atoms with Gasteiger partial charge in [-0.25, -0.2) is 8.42 Å². The molecule has 0 spiro atoms. The summed E-state index contributed by atoms with van der Waals surface area (Å²) in [6.45, 7) is 3.75. The maximum absolute atomic E-state index is 13.3. The summed E-state index contributed by atoms with van der Waals surface area (Å²) in [5, 5.41) is 3.06. The average molecular weight is 422 g/mol. The molecule has 1 heterocycles. The van der Waals surface area contributed by atoms with Crippen LogP contribution in [0.1, 0.15) is 50.7 Å². The normalized spacial score (nSPS) is 24.1. The van der Waals surface area contributed by atoms with Crippen LogP contribution in [0.15, 0.2) is 24.3 Å². The first-order valence-corrected chi connectivity index (χ1v) is 12.1. The van der Waals surface area contributed by atoms with Gasteiger partial charge in [-0.3, -0.25) is 9.59 Å². The van der Waals surface area contributed by atoms with Crippen LogP contribution < -0.4 is 5.32 Å². The highest BCUT2D eigenvalue weighted by molar-refractivity contribution is 7.88. The van der Waals surface area contributed by atoms with E-state index >= 15 is 0 Å². The highest BCUT2D eigenvalue weighted by Gasteiger charge is 2.49. The van der Waals surface area contributed by atoms with Gasteiger partial charge in [0, 0.05) is 19.1 Å². The van der Waals surface area contributed by atoms with Gasteiger partial charge in [0.05, 0.1) is 12.8 Å². The highest BCUT2D eigenvalue weighted by atomic mass is 32.2. The summed E-state index contributed by atoms with van der Waals surface area (Å²) in [5.41, 5.74) is 0.858. The molecule has 2 amide bonds. The summed E-state index contributed by atoms with van der Waals surface area (Å²) in [6.07, 6.45) is 5.99. The molecule has 2 fully saturated rings. The minimum absolute atomic E-state index is 0.0385. The van der Waals surface area contributed by atoms with Crippen molar-refractivity contribution in [2.75, 3.05) is 19.3 Å². The number of nitrogens with one attached hydrogen (secondary N) is 1. The minimum atomic E-state index is -3.59. The Hall–Kier alpha value is -1.93. The van der Waals surface area contributed by atoms with Gasteiger partial charge in [-0.1, -0.05) is 44.0 Å². The zero-order chi connectivity index (χ0) is 21.2. The number of benzene rings is 1. The number of aryl methyl sites for hydroxylation is 1. The highest BCUT2D eigenvalue weighted by Crippen LogP contribution is 2.28. The van der Waals surface area contributed by atoms with Gasteiger partial charge in [0.1, 0.15) is 5.54 Å². The van der Waals surface area contributed by atoms with E-state index in [1.54, 1.807) is 11.8 Å². The lowest BCUT2D eigenvalue weighted by Crippen LogP contribution is -2.69. The van der Waals surface area contributed by atoms with E-state index in [1.165, 1.54) is 5.56 Å². The molecular formula is C21H31N3O4S. The standard InChI is InChI=1S/C21H31N3O4S/c1-4-16-9-11-17(12-10-16)13-24-19(25)14-23(29(3,27)28)15-21(24,2)20(26)22-18-7-5-6-8-18/h9-12,18H,4-8,13-15H2,1-3H3,(H,22,26)/t21-/m0/s1. The maximum atomic E-state index is 13.3. The molecule has 3 rings (SSSR count). The Morgan fingerprint density at radius 1 is 1.17 bits per heavy atom. The second-order valence-corrected chi connectivity index (χ2v) is 10.4. The van der Waals surface area contributed by atoms with E-state index in [1.807, 2.05) is 24.3 Å². The van der Waals surface area contributed by atoms with E-state index in [0.717, 1.165) is 48.2 Å². The first-order valence-electron chi connectivity index (χ1n) is 10.3. The summed E-state index contributed by atoms with van der Waals surface area (Å²) in [5.74, 6) is -0.637. The van der Waals surface area contributed by atoms with Crippen LogP contribution in [0.3, 0.4) is 0 Å². The summed E-state index contributed by atoms with van der Waals surface area (Å²) < 4.78 is 25.4. The molecule has 0 radical (unpaired) electrons. The molecule has 29 heavy (non-hydrogen) atoms. The third-order valence-electron chi connectivity index (χ3n) is 6.11. The van der Waals surface area contributed by atoms with Crippen molar-refractivity contribution in [2.24, 2.45) is 0 Å². The molecular weight excluding hydrogens is 390 g/mol. The van der Waals surface area contributed by atoms with Gasteiger partial charge in [-0.05, 0) is 37.3 Å². The molecule has 0 unspecified atom stereocenters. The van der Waals surface area contributed by atoms with Crippen LogP contribution in [0.25, 0.3) is 0 Å². The Morgan fingerprint density at radius 2 is 1.76 bits per heavy atom. The van der Waals surface area contributed by atoms with Crippen molar-refractivity contribution in [1.82, 2.24) is 14.5 Å². The van der Waals surface area contributed by atoms with E-state index in [4.69, 9.17) is 0 Å². The average Bonchev–Trinajstić information content (AvgIpc) is 3.17. The predicted octanol–water partition coefficient (Wildman–Crippen LogP) is 1.67. The van der Waals surface area contributed by atoms with Crippen LogP contribution in [0, 0.1) is 0 Å². The van der Waals surface area contributed by atoms with Crippen molar-refractivity contribution in [1.29, 1.82) is 0 Å². The van der Waals surface area contributed by atoms with Gasteiger partial charge in [0.15, 0.2) is 0 Å². The van der Waals surface area contributed by atoms with Crippen molar-refractivity contribution >= 4 is 21.8 Å². The smallest absolute Gasteiger partial charge is 0.247 e. The van der Waals surface area contributed by atoms with E-state index in [0.29, 0.717) is 0 Å². The quantitative estimate of drug-likeness (QED) is 0.757. The Labute approximate surface area is 173 Å². The van der Waals surface area contributed by atoms with Crippen molar-refractivity contribution in [3.8, 4) is 0 Å². The van der Waals surface area contributed by atoms with Gasteiger partial charge in [-0.15, -0.1) is 0 Å². The number of nitrogens with zero attached hydrogens (tertiary/aromatic N) is 2. The first kappa shape index (κ1) is 21.8. The largest absolute Gasteiger partial charge is 0.351 e. The lowest BCUT2D eigenvalue weighted by Gasteiger charge is -2.47. The van der Waals surface area contributed by atoms with E-state index < -0.39 is 15.6 Å². The fraction of sp³-hybridized carbons (Fsp3) is 0.619. The van der Waals surface area contributed by atoms with Crippen LogP contribution in [0.4, 0.5) is 0 Å². The van der Waals surface area contributed by atoms with Crippen molar-refractivity contribution in [3.05, 3.63) is 35.4 Å². The van der Waals surface area contributed by atoms with E-state index in [-0.39, 0.29) is 37.5 Å². The van der Waals surface area contributed by atoms with Crippen molar-refractivity contribution < 1.29 is 18.0 Å². The molecule has 1 aliphatic heterocycles. The first-order chi connectivity index (χ1) is 13.6. The number of rotatable bonds is 6. The fourth-order valence-electron chi connectivity index (χ4n) is 4.16. The molecule has 2 aliphatic rings. The summed E-state index contributed by atoms with van der Waals surface area (Å²) in [7, 11) is -3.59. The maximum Gasteiger partial charge on any atom is 0.247 e. The monoisotopic (exact) mass is 421 g/mol. The second kappa shape index (κ2) is 8.44. The molecule has 1 atom stereocenters. The van der Waals surface area contributed by atoms with Crippen LogP contribution in [-0.4, -0.2) is 60.4 Å². The zero-order valence-corrected chi connectivity index (χ0v) is 18.3. The summed E-state index contributed by atoms with van der Waals surface area (Å²) in [4.78, 5) is 27.8. The number of amides is 2. The lowest BCUT2D eigenvalue weighted by atomic mass is 9.94. The van der Waals surface area contributed by atoms with Gasteiger partial charge >= 0.3 is 0 Å². The topological polar surface area (TPSA) is 86.8 Å². The van der Waals surface area contributed by atoms with Crippen LogP contribution >= 0.6 is 0 Å². The minimum Gasteiger partial charge on any atom is -0.351 e. The molecule has 7 nitrogen and oxygen atoms in total. The SMILES string of the molecule is CCc1ccc(CN2C(=O)CN(S(C)(=O)=O)C[C@@]2(C)C(=O)NC2CCCC2)cc1. The third-order valence-corrected chi connectivity index (χ3v) is 7.31. The molecule has 160 valence electrons. The molecule has 1 aliphatic carbocycles. The van der Waals surface area contributed by atoms with Gasteiger partial charge < -0.3 is 10.2 Å². The summed E-state index contributed by atoms with van der Waals surface area (Å²) >= 11 is 0. The number of hydrogen-bond acceptors (Lipinski definition) is 4. The Bertz CT molecular complexity index is 862. The molecule has 0 bridgehead atoms. The Morgan fingerprint density at radius 3 is 2.31 bits per heavy atom. The van der Waals surface area contributed by atoms with Gasteiger partial charge in [0.2, 0.25) is 21.8 Å². The van der Waals surface area contributed by atoms with Crippen LogP contribution in [0.2, 0.25) is 0 Å². The summed E-state index contributed by atoms with van der Waals surface area (Å²) in [6, 6.07) is 8.05.